The number of carbonyl (C=O) groups is 1. The zero-order chi connectivity index (χ0) is 23.2. The Kier molecular flexibility index (Phi) is 6.20. The van der Waals surface area contributed by atoms with Gasteiger partial charge in [-0.3, -0.25) is 9.78 Å². The molecule has 0 saturated carbocycles. The van der Waals surface area contributed by atoms with Gasteiger partial charge in [0, 0.05) is 30.4 Å². The van der Waals surface area contributed by atoms with E-state index in [0.717, 1.165) is 29.4 Å². The number of fused-ring (bicyclic) bond motifs is 1. The number of aryl methyl sites for hydroxylation is 1. The number of hydrogen-bond donors (Lipinski definition) is 1. The van der Waals surface area contributed by atoms with Crippen molar-refractivity contribution >= 4 is 16.8 Å². The van der Waals surface area contributed by atoms with Crippen LogP contribution >= 0.6 is 0 Å². The van der Waals surface area contributed by atoms with E-state index in [9.17, 15) is 4.79 Å². The highest BCUT2D eigenvalue weighted by Crippen LogP contribution is 2.27. The molecule has 5 aromatic rings. The van der Waals surface area contributed by atoms with E-state index >= 15 is 0 Å². The maximum Gasteiger partial charge on any atom is 0.283 e. The molecule has 0 aliphatic rings. The molecule has 3 aromatic heterocycles. The number of benzene rings is 2. The third kappa shape index (κ3) is 4.91. The summed E-state index contributed by atoms with van der Waals surface area (Å²) < 4.78 is 11.7. The molecule has 8 heteroatoms. The summed E-state index contributed by atoms with van der Waals surface area (Å²) in [6.07, 6.45) is 8.35. The highest BCUT2D eigenvalue weighted by atomic mass is 16.5. The monoisotopic (exact) mass is 451 g/mol. The molecular formula is C26H21N5O3. The largest absolute Gasteiger partial charge is 0.474 e. The van der Waals surface area contributed by atoms with Gasteiger partial charge in [0.05, 0.1) is 17.6 Å². The van der Waals surface area contributed by atoms with Crippen LogP contribution in [0.3, 0.4) is 0 Å². The summed E-state index contributed by atoms with van der Waals surface area (Å²) in [7, 11) is 0. The number of ether oxygens (including phenoxy) is 2. The van der Waals surface area contributed by atoms with Crippen molar-refractivity contribution < 1.29 is 14.3 Å². The average Bonchev–Trinajstić information content (AvgIpc) is 3.33. The molecule has 1 N–H and O–H groups in total. The van der Waals surface area contributed by atoms with Crippen LogP contribution in [0.25, 0.3) is 11.0 Å². The maximum absolute atomic E-state index is 12.8. The van der Waals surface area contributed by atoms with Crippen LogP contribution in [-0.4, -0.2) is 37.3 Å². The summed E-state index contributed by atoms with van der Waals surface area (Å²) in [5, 5.41) is 0. The van der Waals surface area contributed by atoms with Gasteiger partial charge in [0.15, 0.2) is 5.82 Å². The normalized spacial score (nSPS) is 10.8. The van der Waals surface area contributed by atoms with E-state index in [-0.39, 0.29) is 11.7 Å². The van der Waals surface area contributed by atoms with Crippen molar-refractivity contribution in [3.8, 4) is 17.5 Å². The minimum Gasteiger partial charge on any atom is -0.474 e. The van der Waals surface area contributed by atoms with Gasteiger partial charge >= 0.3 is 0 Å². The Morgan fingerprint density at radius 2 is 1.71 bits per heavy atom. The van der Waals surface area contributed by atoms with Crippen molar-refractivity contribution in [2.75, 3.05) is 6.61 Å². The Morgan fingerprint density at radius 1 is 0.882 bits per heavy atom. The molecule has 8 nitrogen and oxygen atoms in total. The zero-order valence-electron chi connectivity index (χ0n) is 18.2. The van der Waals surface area contributed by atoms with Crippen LogP contribution in [0.15, 0.2) is 85.5 Å². The fraction of sp³-hybridized carbons (Fsp3) is 0.115. The van der Waals surface area contributed by atoms with Gasteiger partial charge in [-0.25, -0.2) is 15.0 Å². The van der Waals surface area contributed by atoms with Crippen LogP contribution in [-0.2, 0) is 6.42 Å². The molecule has 0 bridgehead atoms. The molecule has 5 rings (SSSR count). The number of rotatable bonds is 9. The van der Waals surface area contributed by atoms with E-state index in [0.29, 0.717) is 29.6 Å². The van der Waals surface area contributed by atoms with Crippen LogP contribution in [0.1, 0.15) is 28.2 Å². The molecule has 0 aliphatic heterocycles. The summed E-state index contributed by atoms with van der Waals surface area (Å²) in [6, 6.07) is 18.3. The van der Waals surface area contributed by atoms with Crippen molar-refractivity contribution in [3.63, 3.8) is 0 Å². The maximum atomic E-state index is 12.8. The van der Waals surface area contributed by atoms with Gasteiger partial charge in [-0.1, -0.05) is 18.2 Å². The molecule has 0 unspecified atom stereocenters. The Bertz CT molecular complexity index is 1370. The Hall–Kier alpha value is -4.59. The predicted molar refractivity (Wildman–Crippen MR) is 126 cm³/mol. The lowest BCUT2D eigenvalue weighted by atomic mass is 10.1. The number of para-hydroxylation sites is 2. The van der Waals surface area contributed by atoms with E-state index in [1.165, 1.54) is 6.20 Å². The van der Waals surface area contributed by atoms with Crippen LogP contribution < -0.4 is 9.47 Å². The molecule has 3 heterocycles. The minimum atomic E-state index is -0.195. The zero-order valence-corrected chi connectivity index (χ0v) is 18.2. The molecule has 2 aromatic carbocycles. The number of carbonyl (C=O) groups excluding carboxylic acids is 1. The summed E-state index contributed by atoms with van der Waals surface area (Å²) >= 11 is 0. The van der Waals surface area contributed by atoms with E-state index in [1.807, 2.05) is 42.6 Å². The standard InChI is InChI=1S/C26H21N5O3/c32-23(24-30-21-7-1-2-8-22(21)31-24)19-9-11-20(12-10-19)34-26-25(28-14-15-29-26)33-16-4-6-18-5-3-13-27-17-18/h1-3,5,7-15,17H,4,6,16H2,(H,30,31). The predicted octanol–water partition coefficient (Wildman–Crippen LogP) is 4.78. The first-order valence-electron chi connectivity index (χ1n) is 10.9. The third-order valence-corrected chi connectivity index (χ3v) is 5.14. The molecule has 0 amide bonds. The van der Waals surface area contributed by atoms with Gasteiger partial charge in [-0.05, 0) is 60.9 Å². The molecule has 0 radical (unpaired) electrons. The van der Waals surface area contributed by atoms with Gasteiger partial charge in [0.1, 0.15) is 5.75 Å². The molecule has 0 aliphatic carbocycles. The number of imidazole rings is 1. The number of nitrogens with one attached hydrogen (secondary N) is 1. The smallest absolute Gasteiger partial charge is 0.283 e. The van der Waals surface area contributed by atoms with E-state index < -0.39 is 0 Å². The quantitative estimate of drug-likeness (QED) is 0.254. The molecule has 0 fully saturated rings. The summed E-state index contributed by atoms with van der Waals surface area (Å²) in [6.45, 7) is 0.467. The Morgan fingerprint density at radius 3 is 2.50 bits per heavy atom. The lowest BCUT2D eigenvalue weighted by molar-refractivity contribution is 0.103. The van der Waals surface area contributed by atoms with Gasteiger partial charge in [0.25, 0.3) is 11.8 Å². The molecule has 168 valence electrons. The number of H-pyrrole nitrogens is 1. The topological polar surface area (TPSA) is 103 Å². The van der Waals surface area contributed by atoms with Gasteiger partial charge in [0.2, 0.25) is 5.78 Å². The summed E-state index contributed by atoms with van der Waals surface area (Å²) in [5.41, 5.74) is 3.22. The fourth-order valence-electron chi connectivity index (χ4n) is 3.46. The molecule has 0 spiro atoms. The minimum absolute atomic E-state index is 0.195. The number of aromatic amines is 1. The van der Waals surface area contributed by atoms with Crippen LogP contribution in [0.2, 0.25) is 0 Å². The lowest BCUT2D eigenvalue weighted by Crippen LogP contribution is -2.04. The SMILES string of the molecule is O=C(c1ccc(Oc2nccnc2OCCCc2cccnc2)cc1)c1nc2ccccc2[nH]1. The van der Waals surface area contributed by atoms with Crippen LogP contribution in [0.5, 0.6) is 17.5 Å². The number of pyridine rings is 1. The van der Waals surface area contributed by atoms with Crippen LogP contribution in [0.4, 0.5) is 0 Å². The third-order valence-electron chi connectivity index (χ3n) is 5.14. The van der Waals surface area contributed by atoms with Gasteiger partial charge < -0.3 is 14.5 Å². The summed E-state index contributed by atoms with van der Waals surface area (Å²) in [5.74, 6) is 1.20. The Balaban J connectivity index is 1.22. The van der Waals surface area contributed by atoms with Crippen molar-refractivity contribution in [3.05, 3.63) is 102 Å². The first-order chi connectivity index (χ1) is 16.8. The number of aromatic nitrogens is 5. The molecule has 0 atom stereocenters. The van der Waals surface area contributed by atoms with E-state index in [1.54, 1.807) is 36.7 Å². The second kappa shape index (κ2) is 9.91. The highest BCUT2D eigenvalue weighted by Gasteiger charge is 2.15. The number of ketones is 1. The van der Waals surface area contributed by atoms with E-state index in [2.05, 4.69) is 24.9 Å². The van der Waals surface area contributed by atoms with Crippen molar-refractivity contribution in [1.82, 2.24) is 24.9 Å². The second-order valence-electron chi connectivity index (χ2n) is 7.54. The fourth-order valence-corrected chi connectivity index (χ4v) is 3.46. The molecule has 0 saturated heterocycles. The molecule has 34 heavy (non-hydrogen) atoms. The van der Waals surface area contributed by atoms with E-state index in [4.69, 9.17) is 9.47 Å². The van der Waals surface area contributed by atoms with Crippen molar-refractivity contribution in [1.29, 1.82) is 0 Å². The first-order valence-corrected chi connectivity index (χ1v) is 10.9. The average molecular weight is 451 g/mol. The van der Waals surface area contributed by atoms with Crippen LogP contribution in [0, 0.1) is 0 Å². The Labute approximate surface area is 195 Å². The lowest BCUT2D eigenvalue weighted by Gasteiger charge is -2.10. The number of hydrogen-bond acceptors (Lipinski definition) is 7. The summed E-state index contributed by atoms with van der Waals surface area (Å²) in [4.78, 5) is 32.8. The highest BCUT2D eigenvalue weighted by molar-refractivity contribution is 6.08. The first kappa shape index (κ1) is 21.3. The van der Waals surface area contributed by atoms with Gasteiger partial charge in [-0.2, -0.15) is 0 Å². The van der Waals surface area contributed by atoms with Crippen molar-refractivity contribution in [2.24, 2.45) is 0 Å². The number of nitrogens with zero attached hydrogens (tertiary/aromatic N) is 4. The molecular weight excluding hydrogens is 430 g/mol. The van der Waals surface area contributed by atoms with Crippen molar-refractivity contribution in [2.45, 2.75) is 12.8 Å². The second-order valence-corrected chi connectivity index (χ2v) is 7.54. The van der Waals surface area contributed by atoms with Gasteiger partial charge in [-0.15, -0.1) is 0 Å².